The van der Waals surface area contributed by atoms with Crippen molar-refractivity contribution in [2.24, 2.45) is 0 Å². The third-order valence-corrected chi connectivity index (χ3v) is 4.69. The molecular formula is C21H44ClN. The lowest BCUT2D eigenvalue weighted by Crippen LogP contribution is -1.94. The van der Waals surface area contributed by atoms with Gasteiger partial charge in [-0.3, -0.25) is 0 Å². The average molecular weight is 346 g/mol. The van der Waals surface area contributed by atoms with Gasteiger partial charge in [0.1, 0.15) is 0 Å². The molecule has 2 heteroatoms. The van der Waals surface area contributed by atoms with Crippen LogP contribution in [0.1, 0.15) is 117 Å². The van der Waals surface area contributed by atoms with E-state index in [0.717, 1.165) is 6.42 Å². The molecule has 1 atom stereocenters. The van der Waals surface area contributed by atoms with E-state index in [1.807, 2.05) is 0 Å². The lowest BCUT2D eigenvalue weighted by molar-refractivity contribution is 0.533. The van der Waals surface area contributed by atoms with Gasteiger partial charge in [-0.25, -0.2) is 0 Å². The summed E-state index contributed by atoms with van der Waals surface area (Å²) in [5.74, 6) is 0. The van der Waals surface area contributed by atoms with Crippen LogP contribution in [0.25, 0.3) is 0 Å². The minimum atomic E-state index is 0. The molecule has 0 bridgehead atoms. The summed E-state index contributed by atoms with van der Waals surface area (Å²) in [6, 6.07) is 0. The molecule has 0 saturated carbocycles. The highest BCUT2D eigenvalue weighted by Gasteiger charge is 2.00. The number of hydrogen-bond donors (Lipinski definition) is 1. The maximum atomic E-state index is 6.25. The van der Waals surface area contributed by atoms with Gasteiger partial charge in [0.2, 0.25) is 0 Å². The number of hydrogen-bond acceptors (Lipinski definition) is 1. The highest BCUT2D eigenvalue weighted by atomic mass is 35.5. The summed E-state index contributed by atoms with van der Waals surface area (Å²) in [7, 11) is 0. The van der Waals surface area contributed by atoms with Crippen molar-refractivity contribution in [2.45, 2.75) is 122 Å². The van der Waals surface area contributed by atoms with Crippen LogP contribution in [0.2, 0.25) is 0 Å². The standard InChI is InChI=1S/C21H41Cl.H3N/c1-4-5-6-7-8-9-10-11-12-13-14-15-16-17-18-21(22)19-20(2)3;/h19,21H,4-18H2,1-3H3;1H3. The van der Waals surface area contributed by atoms with Crippen molar-refractivity contribution >= 4 is 11.6 Å². The molecule has 0 aromatic rings. The summed E-state index contributed by atoms with van der Waals surface area (Å²) in [5.41, 5.74) is 1.34. The molecule has 0 fully saturated rings. The van der Waals surface area contributed by atoms with E-state index in [2.05, 4.69) is 26.8 Å². The molecule has 0 heterocycles. The monoisotopic (exact) mass is 345 g/mol. The normalized spacial score (nSPS) is 11.8. The molecule has 1 nitrogen and oxygen atoms in total. The summed E-state index contributed by atoms with van der Waals surface area (Å²) in [4.78, 5) is 0. The Morgan fingerprint density at radius 1 is 0.696 bits per heavy atom. The largest absolute Gasteiger partial charge is 0.344 e. The topological polar surface area (TPSA) is 35.0 Å². The highest BCUT2D eigenvalue weighted by molar-refractivity contribution is 6.21. The van der Waals surface area contributed by atoms with Gasteiger partial charge in [-0.15, -0.1) is 11.6 Å². The van der Waals surface area contributed by atoms with Gasteiger partial charge in [0, 0.05) is 0 Å². The Kier molecular flexibility index (Phi) is 22.0. The summed E-state index contributed by atoms with van der Waals surface area (Å²) >= 11 is 6.25. The van der Waals surface area contributed by atoms with E-state index in [0.29, 0.717) is 0 Å². The van der Waals surface area contributed by atoms with E-state index in [9.17, 15) is 0 Å². The van der Waals surface area contributed by atoms with Crippen LogP contribution in [0.5, 0.6) is 0 Å². The van der Waals surface area contributed by atoms with Gasteiger partial charge >= 0.3 is 0 Å². The molecule has 0 amide bonds. The van der Waals surface area contributed by atoms with Gasteiger partial charge in [0.05, 0.1) is 5.38 Å². The molecule has 0 aliphatic rings. The van der Waals surface area contributed by atoms with Crippen molar-refractivity contribution in [3.8, 4) is 0 Å². The van der Waals surface area contributed by atoms with Gasteiger partial charge in [0.15, 0.2) is 0 Å². The molecule has 1 unspecified atom stereocenters. The lowest BCUT2D eigenvalue weighted by Gasteiger charge is -2.05. The van der Waals surface area contributed by atoms with Crippen molar-refractivity contribution in [1.82, 2.24) is 6.15 Å². The fourth-order valence-electron chi connectivity index (χ4n) is 2.98. The van der Waals surface area contributed by atoms with Crippen molar-refractivity contribution in [3.63, 3.8) is 0 Å². The Labute approximate surface area is 152 Å². The molecule has 140 valence electrons. The zero-order chi connectivity index (χ0) is 16.5. The summed E-state index contributed by atoms with van der Waals surface area (Å²) < 4.78 is 0. The van der Waals surface area contributed by atoms with E-state index < -0.39 is 0 Å². The van der Waals surface area contributed by atoms with Gasteiger partial charge in [0.25, 0.3) is 0 Å². The molecule has 23 heavy (non-hydrogen) atoms. The minimum Gasteiger partial charge on any atom is -0.344 e. The van der Waals surface area contributed by atoms with Gasteiger partial charge in [-0.05, 0) is 20.3 Å². The van der Waals surface area contributed by atoms with Crippen molar-refractivity contribution in [1.29, 1.82) is 0 Å². The Morgan fingerprint density at radius 3 is 1.39 bits per heavy atom. The summed E-state index contributed by atoms with van der Waals surface area (Å²) in [6.45, 7) is 6.54. The maximum absolute atomic E-state index is 6.25. The predicted octanol–water partition coefficient (Wildman–Crippen LogP) is 8.59. The first-order chi connectivity index (χ1) is 10.7. The maximum Gasteiger partial charge on any atom is 0.0518 e. The van der Waals surface area contributed by atoms with E-state index in [1.165, 1.54) is 95.5 Å². The molecule has 0 radical (unpaired) electrons. The minimum absolute atomic E-state index is 0. The Balaban J connectivity index is 0. The first kappa shape index (κ1) is 25.2. The van der Waals surface area contributed by atoms with Gasteiger partial charge in [-0.2, -0.15) is 0 Å². The zero-order valence-electron chi connectivity index (χ0n) is 16.3. The smallest absolute Gasteiger partial charge is 0.0518 e. The first-order valence-electron chi connectivity index (χ1n) is 9.96. The Morgan fingerprint density at radius 2 is 1.04 bits per heavy atom. The van der Waals surface area contributed by atoms with Crippen LogP contribution in [0.4, 0.5) is 0 Å². The van der Waals surface area contributed by atoms with E-state index in [1.54, 1.807) is 0 Å². The molecule has 0 aromatic carbocycles. The highest BCUT2D eigenvalue weighted by Crippen LogP contribution is 2.15. The fourth-order valence-corrected chi connectivity index (χ4v) is 3.39. The van der Waals surface area contributed by atoms with Crippen LogP contribution in [0.15, 0.2) is 11.6 Å². The third kappa shape index (κ3) is 22.0. The number of alkyl halides is 1. The quantitative estimate of drug-likeness (QED) is 0.169. The van der Waals surface area contributed by atoms with Crippen molar-refractivity contribution < 1.29 is 0 Å². The molecule has 0 aromatic heterocycles. The van der Waals surface area contributed by atoms with Gasteiger partial charge in [-0.1, -0.05) is 108 Å². The van der Waals surface area contributed by atoms with Gasteiger partial charge < -0.3 is 6.15 Å². The Hall–Kier alpha value is -0.0100. The lowest BCUT2D eigenvalue weighted by atomic mass is 10.0. The molecule has 0 spiro atoms. The second kappa shape index (κ2) is 20.0. The number of unbranched alkanes of at least 4 members (excludes halogenated alkanes) is 13. The van der Waals surface area contributed by atoms with Crippen LogP contribution < -0.4 is 6.15 Å². The number of halogens is 1. The van der Waals surface area contributed by atoms with Crippen molar-refractivity contribution in [2.75, 3.05) is 0 Å². The van der Waals surface area contributed by atoms with Crippen molar-refractivity contribution in [3.05, 3.63) is 11.6 Å². The number of rotatable bonds is 16. The first-order valence-corrected chi connectivity index (χ1v) is 10.4. The number of allylic oxidation sites excluding steroid dienone is 2. The molecule has 0 saturated heterocycles. The van der Waals surface area contributed by atoms with Crippen LogP contribution in [0.3, 0.4) is 0 Å². The van der Waals surface area contributed by atoms with Crippen LogP contribution in [0, 0.1) is 0 Å². The third-order valence-electron chi connectivity index (χ3n) is 4.35. The Bertz CT molecular complexity index is 246. The summed E-state index contributed by atoms with van der Waals surface area (Å²) in [5, 5.41) is 0.252. The predicted molar refractivity (Wildman–Crippen MR) is 109 cm³/mol. The molecule has 0 aliphatic carbocycles. The van der Waals surface area contributed by atoms with E-state index >= 15 is 0 Å². The molecule has 3 N–H and O–H groups in total. The molecule has 0 rings (SSSR count). The average Bonchev–Trinajstić information content (AvgIpc) is 2.47. The van der Waals surface area contributed by atoms with Crippen LogP contribution in [-0.4, -0.2) is 5.38 Å². The second-order valence-corrected chi connectivity index (χ2v) is 7.71. The van der Waals surface area contributed by atoms with E-state index in [-0.39, 0.29) is 11.5 Å². The molecule has 0 aliphatic heterocycles. The molecular weight excluding hydrogens is 302 g/mol. The SMILES string of the molecule is CCCCCCCCCCCCCCCCC(Cl)C=C(C)C.N. The zero-order valence-corrected chi connectivity index (χ0v) is 17.1. The second-order valence-electron chi connectivity index (χ2n) is 7.14. The van der Waals surface area contributed by atoms with Crippen LogP contribution >= 0.6 is 11.6 Å². The van der Waals surface area contributed by atoms with E-state index in [4.69, 9.17) is 11.6 Å². The van der Waals surface area contributed by atoms with Crippen LogP contribution in [-0.2, 0) is 0 Å². The summed E-state index contributed by atoms with van der Waals surface area (Å²) in [6.07, 6.45) is 23.2. The fraction of sp³-hybridized carbons (Fsp3) is 0.905.